The summed E-state index contributed by atoms with van der Waals surface area (Å²) in [5.74, 6) is 0.960. The summed E-state index contributed by atoms with van der Waals surface area (Å²) in [6.07, 6.45) is 6.16. The Bertz CT molecular complexity index is 262. The number of fused-ring (bicyclic) bond motifs is 2. The topological polar surface area (TPSA) is 17.1 Å². The van der Waals surface area contributed by atoms with Gasteiger partial charge in [0.05, 0.1) is 0 Å². The third-order valence-corrected chi connectivity index (χ3v) is 4.33. The lowest BCUT2D eigenvalue weighted by atomic mass is 9.61. The Hall–Kier alpha value is -0.590. The number of carbonyl (C=O) groups is 1. The number of ketones is 1. The first-order chi connectivity index (χ1) is 5.48. The van der Waals surface area contributed by atoms with E-state index >= 15 is 0 Å². The molecule has 0 unspecified atom stereocenters. The quantitative estimate of drug-likeness (QED) is 0.537. The zero-order valence-electron chi connectivity index (χ0n) is 8.05. The largest absolute Gasteiger partial charge is 0.294 e. The van der Waals surface area contributed by atoms with Crippen LogP contribution in [0.15, 0.2) is 12.2 Å². The van der Waals surface area contributed by atoms with Crippen molar-refractivity contribution in [1.29, 1.82) is 0 Å². The first-order valence-corrected chi connectivity index (χ1v) is 4.71. The van der Waals surface area contributed by atoms with Crippen LogP contribution in [0.1, 0.15) is 33.6 Å². The van der Waals surface area contributed by atoms with Crippen molar-refractivity contribution in [2.24, 2.45) is 16.7 Å². The van der Waals surface area contributed by atoms with Gasteiger partial charge in [0.2, 0.25) is 0 Å². The maximum atomic E-state index is 11.7. The van der Waals surface area contributed by atoms with E-state index in [-0.39, 0.29) is 10.8 Å². The van der Waals surface area contributed by atoms with Crippen LogP contribution in [0.25, 0.3) is 0 Å². The van der Waals surface area contributed by atoms with Crippen molar-refractivity contribution in [3.63, 3.8) is 0 Å². The zero-order chi connectivity index (χ0) is 8.98. The molecular weight excluding hydrogens is 148 g/mol. The average Bonchev–Trinajstić information content (AvgIpc) is 2.17. The van der Waals surface area contributed by atoms with Crippen LogP contribution < -0.4 is 0 Å². The molecule has 1 fully saturated rings. The lowest BCUT2D eigenvalue weighted by molar-refractivity contribution is -0.129. The highest BCUT2D eigenvalue weighted by molar-refractivity contribution is 5.96. The molecule has 0 aromatic rings. The molecule has 2 aliphatic rings. The second-order valence-corrected chi connectivity index (χ2v) is 4.92. The van der Waals surface area contributed by atoms with Gasteiger partial charge in [-0.1, -0.05) is 26.8 Å². The van der Waals surface area contributed by atoms with Gasteiger partial charge in [-0.15, -0.1) is 0 Å². The normalized spacial score (nSPS) is 43.6. The molecule has 66 valence electrons. The minimum Gasteiger partial charge on any atom is -0.294 e. The maximum absolute atomic E-state index is 11.7. The Morgan fingerprint density at radius 1 is 1.42 bits per heavy atom. The monoisotopic (exact) mass is 164 g/mol. The Morgan fingerprint density at radius 3 is 2.67 bits per heavy atom. The minimum atomic E-state index is -0.0770. The maximum Gasteiger partial charge on any atom is 0.161 e. The van der Waals surface area contributed by atoms with Crippen LogP contribution in [-0.2, 0) is 4.79 Å². The third-order valence-electron chi connectivity index (χ3n) is 4.33. The van der Waals surface area contributed by atoms with Crippen molar-refractivity contribution in [2.75, 3.05) is 0 Å². The molecule has 0 heterocycles. The van der Waals surface area contributed by atoms with Gasteiger partial charge in [0.15, 0.2) is 5.78 Å². The number of allylic oxidation sites excluding steroid dienone is 2. The highest BCUT2D eigenvalue weighted by atomic mass is 16.1. The van der Waals surface area contributed by atoms with Crippen LogP contribution in [0.3, 0.4) is 0 Å². The fourth-order valence-corrected chi connectivity index (χ4v) is 2.70. The highest BCUT2D eigenvalue weighted by Crippen LogP contribution is 2.58. The van der Waals surface area contributed by atoms with Crippen LogP contribution in [0.2, 0.25) is 0 Å². The second-order valence-electron chi connectivity index (χ2n) is 4.92. The van der Waals surface area contributed by atoms with Gasteiger partial charge in [-0.2, -0.15) is 0 Å². The van der Waals surface area contributed by atoms with E-state index in [9.17, 15) is 4.79 Å². The molecule has 0 spiro atoms. The van der Waals surface area contributed by atoms with Gasteiger partial charge in [-0.3, -0.25) is 4.79 Å². The van der Waals surface area contributed by atoms with E-state index in [4.69, 9.17) is 0 Å². The summed E-state index contributed by atoms with van der Waals surface area (Å²) in [6, 6.07) is 0. The van der Waals surface area contributed by atoms with Gasteiger partial charge in [-0.05, 0) is 30.3 Å². The van der Waals surface area contributed by atoms with E-state index in [2.05, 4.69) is 26.8 Å². The van der Waals surface area contributed by atoms with E-state index in [1.807, 2.05) is 0 Å². The van der Waals surface area contributed by atoms with Crippen LogP contribution in [-0.4, -0.2) is 5.78 Å². The molecule has 2 rings (SSSR count). The summed E-state index contributed by atoms with van der Waals surface area (Å²) in [6.45, 7) is 6.58. The van der Waals surface area contributed by atoms with Crippen molar-refractivity contribution in [3.8, 4) is 0 Å². The van der Waals surface area contributed by atoms with Crippen molar-refractivity contribution in [3.05, 3.63) is 12.2 Å². The smallest absolute Gasteiger partial charge is 0.161 e. The summed E-state index contributed by atoms with van der Waals surface area (Å²) >= 11 is 0. The Labute approximate surface area is 73.8 Å². The van der Waals surface area contributed by atoms with Gasteiger partial charge >= 0.3 is 0 Å². The van der Waals surface area contributed by atoms with E-state index < -0.39 is 0 Å². The number of rotatable bonds is 0. The van der Waals surface area contributed by atoms with Gasteiger partial charge < -0.3 is 0 Å². The van der Waals surface area contributed by atoms with E-state index in [0.29, 0.717) is 11.7 Å². The molecule has 0 amide bonds. The van der Waals surface area contributed by atoms with Gasteiger partial charge in [0.1, 0.15) is 0 Å². The SMILES string of the molecule is CC1(C)[C@H]2C=CC(=O)[C@]1(C)CC2. The molecule has 0 aromatic carbocycles. The molecule has 2 aliphatic carbocycles. The zero-order valence-corrected chi connectivity index (χ0v) is 8.05. The second kappa shape index (κ2) is 2.01. The molecule has 0 aliphatic heterocycles. The predicted molar refractivity (Wildman–Crippen MR) is 48.8 cm³/mol. The third kappa shape index (κ3) is 0.675. The van der Waals surface area contributed by atoms with Crippen LogP contribution in [0, 0.1) is 16.7 Å². The van der Waals surface area contributed by atoms with Gasteiger partial charge in [0.25, 0.3) is 0 Å². The van der Waals surface area contributed by atoms with E-state index in [0.717, 1.165) is 6.42 Å². The summed E-state index contributed by atoms with van der Waals surface area (Å²) in [7, 11) is 0. The van der Waals surface area contributed by atoms with Crippen molar-refractivity contribution >= 4 is 5.78 Å². The fraction of sp³-hybridized carbons (Fsp3) is 0.727. The van der Waals surface area contributed by atoms with Crippen LogP contribution >= 0.6 is 0 Å². The molecule has 2 atom stereocenters. The summed E-state index contributed by atoms with van der Waals surface area (Å²) in [5, 5.41) is 0. The van der Waals surface area contributed by atoms with Crippen molar-refractivity contribution in [1.82, 2.24) is 0 Å². The number of hydrogen-bond acceptors (Lipinski definition) is 1. The van der Waals surface area contributed by atoms with Crippen LogP contribution in [0.5, 0.6) is 0 Å². The van der Waals surface area contributed by atoms with Crippen molar-refractivity contribution < 1.29 is 4.79 Å². The minimum absolute atomic E-state index is 0.0770. The first kappa shape index (κ1) is 8.03. The Morgan fingerprint density at radius 2 is 2.08 bits per heavy atom. The van der Waals surface area contributed by atoms with E-state index in [1.165, 1.54) is 6.42 Å². The standard InChI is InChI=1S/C11H16O/c1-10(2)8-4-5-9(12)11(10,3)7-6-8/h4-5,8H,6-7H2,1-3H3/t8-,11-/m0/s1. The molecule has 0 saturated heterocycles. The first-order valence-electron chi connectivity index (χ1n) is 4.71. The molecule has 1 nitrogen and oxygen atoms in total. The molecule has 1 heteroatoms. The average molecular weight is 164 g/mol. The van der Waals surface area contributed by atoms with Gasteiger partial charge in [-0.25, -0.2) is 0 Å². The highest BCUT2D eigenvalue weighted by Gasteiger charge is 2.55. The molecule has 12 heavy (non-hydrogen) atoms. The lowest BCUT2D eigenvalue weighted by Crippen LogP contribution is -2.41. The molecule has 0 aromatic heterocycles. The molecule has 1 saturated carbocycles. The number of hydrogen-bond donors (Lipinski definition) is 0. The molecule has 2 bridgehead atoms. The molecule has 0 radical (unpaired) electrons. The van der Waals surface area contributed by atoms with Gasteiger partial charge in [0, 0.05) is 5.41 Å². The van der Waals surface area contributed by atoms with Crippen molar-refractivity contribution in [2.45, 2.75) is 33.6 Å². The summed E-state index contributed by atoms with van der Waals surface area (Å²) < 4.78 is 0. The Kier molecular flexibility index (Phi) is 1.35. The van der Waals surface area contributed by atoms with Crippen LogP contribution in [0.4, 0.5) is 0 Å². The fourth-order valence-electron chi connectivity index (χ4n) is 2.70. The lowest BCUT2D eigenvalue weighted by Gasteiger charge is -2.41. The predicted octanol–water partition coefficient (Wildman–Crippen LogP) is 2.57. The number of carbonyl (C=O) groups excluding carboxylic acids is 1. The van der Waals surface area contributed by atoms with E-state index in [1.54, 1.807) is 6.08 Å². The summed E-state index contributed by atoms with van der Waals surface area (Å²) in [4.78, 5) is 11.7. The molecule has 0 N–H and O–H groups in total. The summed E-state index contributed by atoms with van der Waals surface area (Å²) in [5.41, 5.74) is 0.102. The molecular formula is C11H16O. The Balaban J connectivity index is 2.54.